The normalized spacial score (nSPS) is 15.4. The predicted octanol–water partition coefficient (Wildman–Crippen LogP) is 2.89. The lowest BCUT2D eigenvalue weighted by atomic mass is 10.00. The number of hydrogen-bond donors (Lipinski definition) is 1. The Labute approximate surface area is 186 Å². The van der Waals surface area contributed by atoms with Gasteiger partial charge in [0.2, 0.25) is 0 Å². The van der Waals surface area contributed by atoms with Crippen LogP contribution in [-0.2, 0) is 26.1 Å². The van der Waals surface area contributed by atoms with Gasteiger partial charge in [0, 0.05) is 31.2 Å². The summed E-state index contributed by atoms with van der Waals surface area (Å²) in [5.74, 6) is 0.212. The SMILES string of the molecule is CC(C)Cn1c(=O)n(C[C@H](O)CN2CCc3ccccc3C2)c(=O)c2ccc(Cl)cc21. The molecule has 1 aliphatic rings. The van der Waals surface area contributed by atoms with Crippen LogP contribution in [-0.4, -0.2) is 38.3 Å². The van der Waals surface area contributed by atoms with E-state index in [4.69, 9.17) is 11.6 Å². The van der Waals surface area contributed by atoms with E-state index in [0.29, 0.717) is 29.0 Å². The molecular formula is C24H28ClN3O3. The number of nitrogens with zero attached hydrogens (tertiary/aromatic N) is 3. The summed E-state index contributed by atoms with van der Waals surface area (Å²) in [5, 5.41) is 11.7. The van der Waals surface area contributed by atoms with Gasteiger partial charge in [0.05, 0.1) is 23.6 Å². The number of aliphatic hydroxyl groups excluding tert-OH is 1. The number of benzene rings is 2. The van der Waals surface area contributed by atoms with E-state index in [9.17, 15) is 14.7 Å². The van der Waals surface area contributed by atoms with Crippen molar-refractivity contribution in [1.29, 1.82) is 0 Å². The van der Waals surface area contributed by atoms with E-state index < -0.39 is 11.8 Å². The lowest BCUT2D eigenvalue weighted by molar-refractivity contribution is 0.0896. The Morgan fingerprint density at radius 3 is 2.48 bits per heavy atom. The zero-order valence-electron chi connectivity index (χ0n) is 17.9. The van der Waals surface area contributed by atoms with Gasteiger partial charge in [-0.25, -0.2) is 4.79 Å². The Kier molecular flexibility index (Phi) is 6.32. The molecule has 0 amide bonds. The van der Waals surface area contributed by atoms with E-state index in [2.05, 4.69) is 17.0 Å². The van der Waals surface area contributed by atoms with Crippen LogP contribution < -0.4 is 11.2 Å². The summed E-state index contributed by atoms with van der Waals surface area (Å²) in [7, 11) is 0. The molecule has 2 aromatic carbocycles. The van der Waals surface area contributed by atoms with Gasteiger partial charge in [0.1, 0.15) is 0 Å². The van der Waals surface area contributed by atoms with Crippen molar-refractivity contribution >= 4 is 22.5 Å². The summed E-state index contributed by atoms with van der Waals surface area (Å²) in [6.45, 7) is 6.47. The van der Waals surface area contributed by atoms with Crippen LogP contribution >= 0.6 is 11.6 Å². The largest absolute Gasteiger partial charge is 0.390 e. The highest BCUT2D eigenvalue weighted by molar-refractivity contribution is 6.31. The van der Waals surface area contributed by atoms with Crippen LogP contribution in [0.2, 0.25) is 5.02 Å². The van der Waals surface area contributed by atoms with Gasteiger partial charge in [-0.15, -0.1) is 0 Å². The molecule has 1 aromatic heterocycles. The Hall–Kier alpha value is -2.41. The first-order valence-electron chi connectivity index (χ1n) is 10.7. The van der Waals surface area contributed by atoms with E-state index in [0.717, 1.165) is 19.5 Å². The third kappa shape index (κ3) is 4.61. The van der Waals surface area contributed by atoms with E-state index in [1.807, 2.05) is 26.0 Å². The first kappa shape index (κ1) is 21.8. The number of β-amino-alcohol motifs (C(OH)–C–C–N with tert-alkyl or cyclic N) is 1. The molecule has 4 rings (SSSR count). The summed E-state index contributed by atoms with van der Waals surface area (Å²) in [4.78, 5) is 28.4. The van der Waals surface area contributed by atoms with Gasteiger partial charge >= 0.3 is 5.69 Å². The fraction of sp³-hybridized carbons (Fsp3) is 0.417. The van der Waals surface area contributed by atoms with Gasteiger partial charge in [-0.2, -0.15) is 0 Å². The van der Waals surface area contributed by atoms with Gasteiger partial charge in [0.15, 0.2) is 0 Å². The minimum Gasteiger partial charge on any atom is -0.390 e. The molecule has 0 bridgehead atoms. The van der Waals surface area contributed by atoms with Crippen molar-refractivity contribution in [3.05, 3.63) is 79.5 Å². The molecular weight excluding hydrogens is 414 g/mol. The quantitative estimate of drug-likeness (QED) is 0.638. The van der Waals surface area contributed by atoms with Crippen molar-refractivity contribution in [3.8, 4) is 0 Å². The van der Waals surface area contributed by atoms with Crippen LogP contribution in [0.15, 0.2) is 52.1 Å². The van der Waals surface area contributed by atoms with Crippen molar-refractivity contribution in [1.82, 2.24) is 14.0 Å². The molecule has 1 atom stereocenters. The molecule has 31 heavy (non-hydrogen) atoms. The third-order valence-electron chi connectivity index (χ3n) is 5.81. The Morgan fingerprint density at radius 1 is 1.00 bits per heavy atom. The Morgan fingerprint density at radius 2 is 1.74 bits per heavy atom. The number of rotatable bonds is 6. The van der Waals surface area contributed by atoms with E-state index in [1.54, 1.807) is 22.8 Å². The van der Waals surface area contributed by atoms with E-state index in [-0.39, 0.29) is 18.0 Å². The van der Waals surface area contributed by atoms with Gasteiger partial charge in [-0.1, -0.05) is 49.7 Å². The van der Waals surface area contributed by atoms with Crippen molar-refractivity contribution in [2.45, 2.75) is 46.0 Å². The highest BCUT2D eigenvalue weighted by atomic mass is 35.5. The number of aromatic nitrogens is 2. The molecule has 0 fully saturated rings. The summed E-state index contributed by atoms with van der Waals surface area (Å²) in [6.07, 6.45) is 0.105. The molecule has 1 N–H and O–H groups in total. The van der Waals surface area contributed by atoms with Crippen molar-refractivity contribution in [2.75, 3.05) is 13.1 Å². The van der Waals surface area contributed by atoms with Crippen molar-refractivity contribution in [2.24, 2.45) is 5.92 Å². The number of aliphatic hydroxyl groups is 1. The van der Waals surface area contributed by atoms with E-state index in [1.165, 1.54) is 15.7 Å². The molecule has 0 radical (unpaired) electrons. The molecule has 6 nitrogen and oxygen atoms in total. The van der Waals surface area contributed by atoms with Crippen molar-refractivity contribution < 1.29 is 5.11 Å². The maximum Gasteiger partial charge on any atom is 0.331 e. The lowest BCUT2D eigenvalue weighted by Gasteiger charge is -2.30. The average Bonchev–Trinajstić information content (AvgIpc) is 2.74. The summed E-state index contributed by atoms with van der Waals surface area (Å²) in [5.41, 5.74) is 2.35. The molecule has 0 saturated heterocycles. The Bertz CT molecular complexity index is 1210. The third-order valence-corrected chi connectivity index (χ3v) is 6.04. The summed E-state index contributed by atoms with van der Waals surface area (Å²) >= 11 is 6.13. The van der Waals surface area contributed by atoms with Gasteiger partial charge < -0.3 is 5.11 Å². The molecule has 2 heterocycles. The van der Waals surface area contributed by atoms with Crippen LogP contribution in [0.5, 0.6) is 0 Å². The lowest BCUT2D eigenvalue weighted by Crippen LogP contribution is -2.45. The first-order valence-corrected chi connectivity index (χ1v) is 11.1. The maximum absolute atomic E-state index is 13.2. The van der Waals surface area contributed by atoms with Gasteiger partial charge in [-0.3, -0.25) is 18.8 Å². The zero-order chi connectivity index (χ0) is 22.1. The highest BCUT2D eigenvalue weighted by Crippen LogP contribution is 2.19. The fourth-order valence-corrected chi connectivity index (χ4v) is 4.54. The monoisotopic (exact) mass is 441 g/mol. The highest BCUT2D eigenvalue weighted by Gasteiger charge is 2.21. The van der Waals surface area contributed by atoms with E-state index >= 15 is 0 Å². The second-order valence-electron chi connectivity index (χ2n) is 8.77. The van der Waals surface area contributed by atoms with Crippen LogP contribution in [0.3, 0.4) is 0 Å². The Balaban J connectivity index is 1.61. The van der Waals surface area contributed by atoms with Crippen LogP contribution in [0, 0.1) is 5.92 Å². The number of hydrogen-bond acceptors (Lipinski definition) is 4. The molecule has 164 valence electrons. The topological polar surface area (TPSA) is 67.5 Å². The maximum atomic E-state index is 13.2. The molecule has 7 heteroatoms. The van der Waals surface area contributed by atoms with Gasteiger partial charge in [0.25, 0.3) is 5.56 Å². The summed E-state index contributed by atoms with van der Waals surface area (Å²) in [6, 6.07) is 13.3. The second kappa shape index (κ2) is 8.99. The summed E-state index contributed by atoms with van der Waals surface area (Å²) < 4.78 is 2.76. The standard InChI is InChI=1S/C24H28ClN3O3/c1-16(2)12-27-22-11-19(25)7-8-21(22)23(30)28(24(27)31)15-20(29)14-26-10-9-17-5-3-4-6-18(17)13-26/h3-8,11,16,20,29H,9-10,12-15H2,1-2H3/t20-/m1/s1. The number of halogens is 1. The molecule has 0 saturated carbocycles. The van der Waals surface area contributed by atoms with Crippen molar-refractivity contribution in [3.63, 3.8) is 0 Å². The minimum absolute atomic E-state index is 0.0352. The first-order chi connectivity index (χ1) is 14.8. The molecule has 3 aromatic rings. The molecule has 0 unspecified atom stereocenters. The van der Waals surface area contributed by atoms with Crippen LogP contribution in [0.1, 0.15) is 25.0 Å². The predicted molar refractivity (Wildman–Crippen MR) is 124 cm³/mol. The van der Waals surface area contributed by atoms with Crippen LogP contribution in [0.25, 0.3) is 10.9 Å². The fourth-order valence-electron chi connectivity index (χ4n) is 4.37. The smallest absolute Gasteiger partial charge is 0.331 e. The zero-order valence-corrected chi connectivity index (χ0v) is 18.7. The molecule has 0 spiro atoms. The molecule has 0 aliphatic carbocycles. The van der Waals surface area contributed by atoms with Crippen LogP contribution in [0.4, 0.5) is 0 Å². The number of fused-ring (bicyclic) bond motifs is 2. The average molecular weight is 442 g/mol. The molecule has 1 aliphatic heterocycles. The second-order valence-corrected chi connectivity index (χ2v) is 9.21. The van der Waals surface area contributed by atoms with Gasteiger partial charge in [-0.05, 0) is 41.7 Å². The minimum atomic E-state index is -0.826.